The normalized spacial score (nSPS) is 11.2. The van der Waals surface area contributed by atoms with Gasteiger partial charge in [0.15, 0.2) is 0 Å². The molecule has 0 amide bonds. The maximum absolute atomic E-state index is 5.99. The smallest absolute Gasteiger partial charge is 0.106 e. The molecule has 19 heavy (non-hydrogen) atoms. The molecule has 0 unspecified atom stereocenters. The molecule has 0 bridgehead atoms. The molecule has 0 saturated heterocycles. The van der Waals surface area contributed by atoms with Crippen molar-refractivity contribution < 1.29 is 0 Å². The summed E-state index contributed by atoms with van der Waals surface area (Å²) in [5.41, 5.74) is 2.10. The Morgan fingerprint density at radius 3 is 2.95 bits per heavy atom. The van der Waals surface area contributed by atoms with Crippen molar-refractivity contribution in [2.45, 2.75) is 32.7 Å². The molecule has 0 fully saturated rings. The van der Waals surface area contributed by atoms with Crippen LogP contribution in [-0.2, 0) is 6.42 Å². The molecule has 0 radical (unpaired) electrons. The van der Waals surface area contributed by atoms with E-state index in [-0.39, 0.29) is 0 Å². The van der Waals surface area contributed by atoms with Crippen LogP contribution in [0.3, 0.4) is 0 Å². The Morgan fingerprint density at radius 1 is 1.37 bits per heavy atom. The van der Waals surface area contributed by atoms with E-state index in [4.69, 9.17) is 11.6 Å². The summed E-state index contributed by atoms with van der Waals surface area (Å²) >= 11 is 5.99. The van der Waals surface area contributed by atoms with E-state index in [0.717, 1.165) is 41.5 Å². The number of nitrogens with zero attached hydrogens (tertiary/aromatic N) is 1. The van der Waals surface area contributed by atoms with Gasteiger partial charge in [0, 0.05) is 23.0 Å². The molecule has 2 rings (SSSR count). The molecule has 4 heteroatoms. The number of hydrogen-bond donors (Lipinski definition) is 2. The predicted molar refractivity (Wildman–Crippen MR) is 80.5 cm³/mol. The number of aromatic amines is 1. The second-order valence-corrected chi connectivity index (χ2v) is 5.40. The minimum absolute atomic E-state index is 0.540. The topological polar surface area (TPSA) is 40.7 Å². The number of nitrogens with one attached hydrogen (secondary N) is 2. The summed E-state index contributed by atoms with van der Waals surface area (Å²) in [6, 6.07) is 8.34. The van der Waals surface area contributed by atoms with E-state index >= 15 is 0 Å². The summed E-state index contributed by atoms with van der Waals surface area (Å²) in [4.78, 5) is 7.76. The summed E-state index contributed by atoms with van der Waals surface area (Å²) in [5, 5.41) is 4.15. The van der Waals surface area contributed by atoms with Crippen molar-refractivity contribution in [1.29, 1.82) is 0 Å². The highest BCUT2D eigenvalue weighted by atomic mass is 35.5. The first-order valence-corrected chi connectivity index (χ1v) is 7.06. The van der Waals surface area contributed by atoms with E-state index in [2.05, 4.69) is 29.1 Å². The molecule has 0 aliphatic heterocycles. The zero-order chi connectivity index (χ0) is 13.7. The van der Waals surface area contributed by atoms with Crippen LogP contribution in [0.4, 0.5) is 0 Å². The molecule has 0 aliphatic carbocycles. The number of benzene rings is 1. The van der Waals surface area contributed by atoms with Gasteiger partial charge in [-0.1, -0.05) is 37.6 Å². The van der Waals surface area contributed by atoms with E-state index in [1.807, 2.05) is 30.5 Å². The Bertz CT molecular complexity index is 520. The van der Waals surface area contributed by atoms with Crippen LogP contribution in [0.15, 0.2) is 30.5 Å². The molecule has 1 aromatic carbocycles. The maximum atomic E-state index is 5.99. The van der Waals surface area contributed by atoms with E-state index < -0.39 is 0 Å². The zero-order valence-electron chi connectivity index (χ0n) is 11.4. The third kappa shape index (κ3) is 4.37. The van der Waals surface area contributed by atoms with Crippen LogP contribution in [-0.4, -0.2) is 22.6 Å². The van der Waals surface area contributed by atoms with Crippen molar-refractivity contribution >= 4 is 11.6 Å². The van der Waals surface area contributed by atoms with E-state index in [0.29, 0.717) is 6.04 Å². The number of aryl methyl sites for hydroxylation is 1. The molecule has 0 spiro atoms. The van der Waals surface area contributed by atoms with Crippen molar-refractivity contribution in [2.75, 3.05) is 6.54 Å². The first-order valence-electron chi connectivity index (χ1n) is 6.68. The van der Waals surface area contributed by atoms with Crippen LogP contribution >= 0.6 is 11.6 Å². The second kappa shape index (κ2) is 6.73. The van der Waals surface area contributed by atoms with Crippen LogP contribution in [0.1, 0.15) is 26.1 Å². The molecule has 2 aromatic rings. The molecule has 1 heterocycles. The molecular weight excluding hydrogens is 258 g/mol. The number of halogens is 1. The highest BCUT2D eigenvalue weighted by molar-refractivity contribution is 6.30. The minimum Gasteiger partial charge on any atom is -0.342 e. The number of imidazole rings is 1. The number of aromatic nitrogens is 2. The summed E-state index contributed by atoms with van der Waals surface area (Å²) in [5.74, 6) is 1.03. The summed E-state index contributed by atoms with van der Waals surface area (Å²) in [7, 11) is 0. The van der Waals surface area contributed by atoms with Crippen molar-refractivity contribution in [3.63, 3.8) is 0 Å². The lowest BCUT2D eigenvalue weighted by Gasteiger charge is -2.06. The van der Waals surface area contributed by atoms with Crippen LogP contribution in [0.5, 0.6) is 0 Å². The third-order valence-corrected chi connectivity index (χ3v) is 3.14. The molecule has 102 valence electrons. The standard InChI is InChI=1S/C15H20ClN3/c1-11(2)17-8-4-7-15-18-10-14(19-15)12-5-3-6-13(16)9-12/h3,5-6,9-11,17H,4,7-8H2,1-2H3,(H,18,19). The van der Waals surface area contributed by atoms with Gasteiger partial charge >= 0.3 is 0 Å². The number of H-pyrrole nitrogens is 1. The lowest BCUT2D eigenvalue weighted by Crippen LogP contribution is -2.24. The second-order valence-electron chi connectivity index (χ2n) is 4.97. The third-order valence-electron chi connectivity index (χ3n) is 2.91. The number of hydrogen-bond acceptors (Lipinski definition) is 2. The van der Waals surface area contributed by atoms with Gasteiger partial charge in [-0.2, -0.15) is 0 Å². The Hall–Kier alpha value is -1.32. The van der Waals surface area contributed by atoms with E-state index in [1.165, 1.54) is 0 Å². The Labute approximate surface area is 119 Å². The monoisotopic (exact) mass is 277 g/mol. The number of rotatable bonds is 6. The molecule has 3 nitrogen and oxygen atoms in total. The van der Waals surface area contributed by atoms with Crippen LogP contribution in [0, 0.1) is 0 Å². The summed E-state index contributed by atoms with van der Waals surface area (Å²) in [6.07, 6.45) is 3.91. The van der Waals surface area contributed by atoms with Crippen molar-refractivity contribution in [1.82, 2.24) is 15.3 Å². The fourth-order valence-corrected chi connectivity index (χ4v) is 2.13. The molecule has 0 saturated carbocycles. The first kappa shape index (κ1) is 14.1. The van der Waals surface area contributed by atoms with Gasteiger partial charge < -0.3 is 10.3 Å². The molecule has 0 atom stereocenters. The average molecular weight is 278 g/mol. The van der Waals surface area contributed by atoms with Gasteiger partial charge in [0.2, 0.25) is 0 Å². The first-order chi connectivity index (χ1) is 9.15. The quantitative estimate of drug-likeness (QED) is 0.791. The largest absolute Gasteiger partial charge is 0.342 e. The van der Waals surface area contributed by atoms with Gasteiger partial charge in [0.1, 0.15) is 5.82 Å². The zero-order valence-corrected chi connectivity index (χ0v) is 12.2. The van der Waals surface area contributed by atoms with Crippen LogP contribution < -0.4 is 5.32 Å². The summed E-state index contributed by atoms with van der Waals surface area (Å²) in [6.45, 7) is 5.33. The Morgan fingerprint density at radius 2 is 2.21 bits per heavy atom. The minimum atomic E-state index is 0.540. The predicted octanol–water partition coefficient (Wildman–Crippen LogP) is 3.66. The van der Waals surface area contributed by atoms with Crippen molar-refractivity contribution in [2.24, 2.45) is 0 Å². The van der Waals surface area contributed by atoms with Gasteiger partial charge in [0.05, 0.1) is 11.9 Å². The molecule has 2 N–H and O–H groups in total. The molecule has 1 aromatic heterocycles. The summed E-state index contributed by atoms with van der Waals surface area (Å²) < 4.78 is 0. The van der Waals surface area contributed by atoms with Gasteiger partial charge in [0.25, 0.3) is 0 Å². The fraction of sp³-hybridized carbons (Fsp3) is 0.400. The van der Waals surface area contributed by atoms with Gasteiger partial charge in [-0.15, -0.1) is 0 Å². The van der Waals surface area contributed by atoms with Crippen LogP contribution in [0.2, 0.25) is 5.02 Å². The highest BCUT2D eigenvalue weighted by Crippen LogP contribution is 2.21. The van der Waals surface area contributed by atoms with E-state index in [1.54, 1.807) is 0 Å². The maximum Gasteiger partial charge on any atom is 0.106 e. The Balaban J connectivity index is 1.92. The Kier molecular flexibility index (Phi) is 5.00. The average Bonchev–Trinajstić information content (AvgIpc) is 2.83. The van der Waals surface area contributed by atoms with Crippen LogP contribution in [0.25, 0.3) is 11.3 Å². The fourth-order valence-electron chi connectivity index (χ4n) is 1.94. The molecule has 0 aliphatic rings. The van der Waals surface area contributed by atoms with Gasteiger partial charge in [-0.05, 0) is 25.1 Å². The van der Waals surface area contributed by atoms with Crippen molar-refractivity contribution in [3.05, 3.63) is 41.3 Å². The van der Waals surface area contributed by atoms with Gasteiger partial charge in [-0.25, -0.2) is 4.98 Å². The lowest BCUT2D eigenvalue weighted by atomic mass is 10.2. The highest BCUT2D eigenvalue weighted by Gasteiger charge is 2.04. The van der Waals surface area contributed by atoms with E-state index in [9.17, 15) is 0 Å². The molecular formula is C15H20ClN3. The SMILES string of the molecule is CC(C)NCCCc1ncc(-c2cccc(Cl)c2)[nH]1. The lowest BCUT2D eigenvalue weighted by molar-refractivity contribution is 0.567. The van der Waals surface area contributed by atoms with Crippen molar-refractivity contribution in [3.8, 4) is 11.3 Å². The van der Waals surface area contributed by atoms with Gasteiger partial charge in [-0.3, -0.25) is 0 Å².